The first-order valence-corrected chi connectivity index (χ1v) is 9.37. The summed E-state index contributed by atoms with van der Waals surface area (Å²) in [6.45, 7) is 10.4. The molecule has 29 heavy (non-hydrogen) atoms. The fraction of sp³-hybridized carbons (Fsp3) is 0.550. The van der Waals surface area contributed by atoms with E-state index in [9.17, 15) is 4.79 Å². The maximum Gasteiger partial charge on any atom is 0.408 e. The van der Waals surface area contributed by atoms with Crippen LogP contribution >= 0.6 is 24.0 Å². The van der Waals surface area contributed by atoms with Gasteiger partial charge in [0.15, 0.2) is 5.96 Å². The molecule has 0 bridgehead atoms. The Kier molecular flexibility index (Phi) is 8.73. The van der Waals surface area contributed by atoms with Crippen molar-refractivity contribution in [1.82, 2.24) is 25.5 Å². The summed E-state index contributed by atoms with van der Waals surface area (Å²) < 4.78 is 7.38. The number of amides is 1. The molecule has 162 valence electrons. The van der Waals surface area contributed by atoms with Crippen LogP contribution in [0.3, 0.4) is 0 Å². The number of carbonyl (C=O) groups excluding carboxylic acids is 1. The van der Waals surface area contributed by atoms with Crippen LogP contribution in [0.1, 0.15) is 40.4 Å². The molecule has 0 atom stereocenters. The first-order chi connectivity index (χ1) is 13.0. The zero-order valence-corrected chi connectivity index (χ0v) is 20.6. The van der Waals surface area contributed by atoms with Crippen LogP contribution in [0, 0.1) is 0 Å². The number of fused-ring (bicyclic) bond motifs is 1. The summed E-state index contributed by atoms with van der Waals surface area (Å²) in [6, 6.07) is 8.02. The number of benzene rings is 1. The van der Waals surface area contributed by atoms with Crippen LogP contribution in [-0.4, -0.2) is 46.3 Å². The van der Waals surface area contributed by atoms with Crippen LogP contribution in [0.25, 0.3) is 11.0 Å². The van der Waals surface area contributed by atoms with Gasteiger partial charge >= 0.3 is 6.09 Å². The number of halogens is 1. The molecule has 0 aliphatic carbocycles. The lowest BCUT2D eigenvalue weighted by Crippen LogP contribution is -2.54. The van der Waals surface area contributed by atoms with Gasteiger partial charge in [0.05, 0.1) is 23.1 Å². The predicted molar refractivity (Wildman–Crippen MR) is 128 cm³/mol. The van der Waals surface area contributed by atoms with Crippen molar-refractivity contribution in [2.45, 2.75) is 52.3 Å². The van der Waals surface area contributed by atoms with Gasteiger partial charge in [0.25, 0.3) is 0 Å². The summed E-state index contributed by atoms with van der Waals surface area (Å²) >= 11 is 0. The van der Waals surface area contributed by atoms with Crippen molar-refractivity contribution in [3.8, 4) is 0 Å². The number of ether oxygens (including phenoxy) is 1. The standard InChI is InChI=1S/C20H32N6O2.HI/c1-19(2,3)28-18(27)25-20(4,5)13-23-17(21-6)22-12-16-24-14-10-8-9-11-15(14)26(16)7;/h8-11H,12-13H2,1-7H3,(H,25,27)(H2,21,22,23);1H. The van der Waals surface area contributed by atoms with Crippen molar-refractivity contribution in [3.05, 3.63) is 30.1 Å². The van der Waals surface area contributed by atoms with Crippen molar-refractivity contribution in [3.63, 3.8) is 0 Å². The smallest absolute Gasteiger partial charge is 0.408 e. The SMILES string of the molecule is CN=C(NCc1nc2ccccc2n1C)NCC(C)(C)NC(=O)OC(C)(C)C.I. The number of hydrogen-bond acceptors (Lipinski definition) is 4. The van der Waals surface area contributed by atoms with Gasteiger partial charge in [0.2, 0.25) is 0 Å². The van der Waals surface area contributed by atoms with Crippen molar-refractivity contribution in [1.29, 1.82) is 0 Å². The third kappa shape index (κ3) is 7.71. The molecule has 0 saturated carbocycles. The summed E-state index contributed by atoms with van der Waals surface area (Å²) in [5.41, 5.74) is 1.01. The fourth-order valence-corrected chi connectivity index (χ4v) is 2.67. The Morgan fingerprint density at radius 2 is 1.83 bits per heavy atom. The first kappa shape index (κ1) is 25.0. The zero-order valence-electron chi connectivity index (χ0n) is 18.3. The number of imidazole rings is 1. The number of hydrogen-bond donors (Lipinski definition) is 3. The average Bonchev–Trinajstić information content (AvgIpc) is 2.89. The van der Waals surface area contributed by atoms with E-state index in [2.05, 4.69) is 30.5 Å². The minimum atomic E-state index is -0.531. The molecule has 8 nitrogen and oxygen atoms in total. The van der Waals surface area contributed by atoms with E-state index in [-0.39, 0.29) is 24.0 Å². The van der Waals surface area contributed by atoms with Gasteiger partial charge in [-0.25, -0.2) is 9.78 Å². The van der Waals surface area contributed by atoms with Gasteiger partial charge in [0, 0.05) is 20.6 Å². The highest BCUT2D eigenvalue weighted by Gasteiger charge is 2.24. The van der Waals surface area contributed by atoms with Gasteiger partial charge in [-0.2, -0.15) is 0 Å². The highest BCUT2D eigenvalue weighted by molar-refractivity contribution is 14.0. The maximum atomic E-state index is 12.0. The summed E-state index contributed by atoms with van der Waals surface area (Å²) in [7, 11) is 3.70. The second-order valence-corrected chi connectivity index (χ2v) is 8.37. The van der Waals surface area contributed by atoms with E-state index in [1.165, 1.54) is 0 Å². The van der Waals surface area contributed by atoms with E-state index in [1.54, 1.807) is 7.05 Å². The highest BCUT2D eigenvalue weighted by Crippen LogP contribution is 2.14. The van der Waals surface area contributed by atoms with Gasteiger partial charge in [-0.3, -0.25) is 4.99 Å². The summed E-state index contributed by atoms with van der Waals surface area (Å²) in [5, 5.41) is 9.37. The lowest BCUT2D eigenvalue weighted by molar-refractivity contribution is 0.0474. The van der Waals surface area contributed by atoms with Crippen molar-refractivity contribution >= 4 is 47.1 Å². The Morgan fingerprint density at radius 3 is 2.41 bits per heavy atom. The molecule has 1 aromatic carbocycles. The number of aryl methyl sites for hydroxylation is 1. The Bertz CT molecular complexity index is 854. The molecule has 0 fully saturated rings. The van der Waals surface area contributed by atoms with Crippen LogP contribution < -0.4 is 16.0 Å². The van der Waals surface area contributed by atoms with Gasteiger partial charge in [-0.15, -0.1) is 24.0 Å². The van der Waals surface area contributed by atoms with E-state index >= 15 is 0 Å². The second-order valence-electron chi connectivity index (χ2n) is 8.37. The van der Waals surface area contributed by atoms with Crippen molar-refractivity contribution in [2.24, 2.45) is 12.0 Å². The summed E-state index contributed by atoms with van der Waals surface area (Å²) in [5.74, 6) is 1.54. The average molecular weight is 516 g/mol. The minimum absolute atomic E-state index is 0. The third-order valence-electron chi connectivity index (χ3n) is 4.05. The van der Waals surface area contributed by atoms with E-state index in [1.807, 2.05) is 65.9 Å². The van der Waals surface area contributed by atoms with Crippen molar-refractivity contribution in [2.75, 3.05) is 13.6 Å². The molecule has 0 saturated heterocycles. The van der Waals surface area contributed by atoms with Gasteiger partial charge in [-0.1, -0.05) is 12.1 Å². The predicted octanol–water partition coefficient (Wildman–Crippen LogP) is 3.16. The molecule has 0 radical (unpaired) electrons. The van der Waals surface area contributed by atoms with Crippen molar-refractivity contribution < 1.29 is 9.53 Å². The normalized spacial score (nSPS) is 12.3. The third-order valence-corrected chi connectivity index (χ3v) is 4.05. The Hall–Kier alpha value is -2.04. The van der Waals surface area contributed by atoms with Gasteiger partial charge < -0.3 is 25.3 Å². The number of para-hydroxylation sites is 2. The van der Waals surface area contributed by atoms with E-state index < -0.39 is 17.2 Å². The summed E-state index contributed by atoms with van der Waals surface area (Å²) in [4.78, 5) is 20.9. The molecular weight excluding hydrogens is 483 g/mol. The molecule has 1 amide bonds. The van der Waals surface area contributed by atoms with E-state index in [0.29, 0.717) is 19.0 Å². The number of nitrogens with one attached hydrogen (secondary N) is 3. The Balaban J connectivity index is 0.00000420. The first-order valence-electron chi connectivity index (χ1n) is 9.37. The zero-order chi connectivity index (χ0) is 20.9. The number of nitrogens with zero attached hydrogens (tertiary/aromatic N) is 3. The number of guanidine groups is 1. The van der Waals surface area contributed by atoms with Crippen LogP contribution in [0.5, 0.6) is 0 Å². The quantitative estimate of drug-likeness (QED) is 0.323. The number of rotatable bonds is 5. The monoisotopic (exact) mass is 516 g/mol. The molecule has 9 heteroatoms. The lowest BCUT2D eigenvalue weighted by Gasteiger charge is -2.29. The minimum Gasteiger partial charge on any atom is -0.444 e. The molecule has 2 rings (SSSR count). The number of alkyl carbamates (subject to hydrolysis) is 1. The second kappa shape index (κ2) is 10.1. The van der Waals surface area contributed by atoms with Gasteiger partial charge in [-0.05, 0) is 46.8 Å². The molecule has 0 aliphatic rings. The Morgan fingerprint density at radius 1 is 1.17 bits per heavy atom. The van der Waals surface area contributed by atoms with Crippen LogP contribution in [-0.2, 0) is 18.3 Å². The molecule has 3 N–H and O–H groups in total. The fourth-order valence-electron chi connectivity index (χ4n) is 2.67. The molecule has 0 unspecified atom stereocenters. The molecule has 1 aromatic heterocycles. The molecular formula is C20H33IN6O2. The molecule has 1 heterocycles. The number of carbonyl (C=O) groups is 1. The van der Waals surface area contributed by atoms with Crippen LogP contribution in [0.4, 0.5) is 4.79 Å². The van der Waals surface area contributed by atoms with Gasteiger partial charge in [0.1, 0.15) is 11.4 Å². The lowest BCUT2D eigenvalue weighted by atomic mass is 10.1. The van der Waals surface area contributed by atoms with Crippen LogP contribution in [0.2, 0.25) is 0 Å². The largest absolute Gasteiger partial charge is 0.444 e. The molecule has 0 spiro atoms. The highest BCUT2D eigenvalue weighted by atomic mass is 127. The number of aromatic nitrogens is 2. The summed E-state index contributed by atoms with van der Waals surface area (Å²) in [6.07, 6.45) is -0.443. The number of aliphatic imine (C=N–C) groups is 1. The van der Waals surface area contributed by atoms with Crippen LogP contribution in [0.15, 0.2) is 29.3 Å². The molecule has 0 aliphatic heterocycles. The topological polar surface area (TPSA) is 92.6 Å². The van der Waals surface area contributed by atoms with E-state index in [4.69, 9.17) is 4.74 Å². The molecule has 2 aromatic rings. The van der Waals surface area contributed by atoms with E-state index in [0.717, 1.165) is 16.9 Å². The Labute approximate surface area is 189 Å². The maximum absolute atomic E-state index is 12.0.